The van der Waals surface area contributed by atoms with E-state index in [0.29, 0.717) is 27.7 Å². The first-order chi connectivity index (χ1) is 14.8. The lowest BCUT2D eigenvalue weighted by atomic mass is 9.93. The van der Waals surface area contributed by atoms with E-state index in [1.165, 1.54) is 17.6 Å². The minimum atomic E-state index is -4.15. The Morgan fingerprint density at radius 1 is 1.16 bits per heavy atom. The molecule has 0 bridgehead atoms. The standard InChI is InChI=1S/C21H21N3O6S/c1-4-13(2)15-9-14(29-3)10-16-20(15)21(26)24(31(16,27)28)12-30-18-11-19(25)23-8-6-5-7-17(23)22-18/h5-11,13H,4,12H2,1-3H3. The highest BCUT2D eigenvalue weighted by molar-refractivity contribution is 7.90. The third-order valence-electron chi connectivity index (χ3n) is 5.37. The van der Waals surface area contributed by atoms with Crippen LogP contribution in [0.2, 0.25) is 0 Å². The lowest BCUT2D eigenvalue weighted by Gasteiger charge is -2.16. The summed E-state index contributed by atoms with van der Waals surface area (Å²) < 4.78 is 38.9. The minimum absolute atomic E-state index is 0.0499. The van der Waals surface area contributed by atoms with Crippen molar-refractivity contribution in [3.63, 3.8) is 0 Å². The van der Waals surface area contributed by atoms with Gasteiger partial charge in [-0.05, 0) is 36.1 Å². The summed E-state index contributed by atoms with van der Waals surface area (Å²) in [6.07, 6.45) is 2.28. The van der Waals surface area contributed by atoms with Crippen LogP contribution in [0.25, 0.3) is 5.65 Å². The molecule has 162 valence electrons. The van der Waals surface area contributed by atoms with E-state index < -0.39 is 22.7 Å². The maximum atomic E-state index is 13.1. The van der Waals surface area contributed by atoms with Gasteiger partial charge in [0.1, 0.15) is 16.3 Å². The summed E-state index contributed by atoms with van der Waals surface area (Å²) in [6.45, 7) is 3.27. The highest BCUT2D eigenvalue weighted by atomic mass is 32.2. The Morgan fingerprint density at radius 3 is 2.65 bits per heavy atom. The van der Waals surface area contributed by atoms with Crippen molar-refractivity contribution in [3.05, 3.63) is 64.1 Å². The van der Waals surface area contributed by atoms with Crippen LogP contribution in [0.3, 0.4) is 0 Å². The maximum absolute atomic E-state index is 13.1. The molecule has 0 aliphatic carbocycles. The number of methoxy groups -OCH3 is 1. The fourth-order valence-electron chi connectivity index (χ4n) is 3.48. The van der Waals surface area contributed by atoms with Gasteiger partial charge in [0.15, 0.2) is 6.73 Å². The predicted molar refractivity (Wildman–Crippen MR) is 112 cm³/mol. The third-order valence-corrected chi connectivity index (χ3v) is 7.10. The van der Waals surface area contributed by atoms with E-state index in [1.807, 2.05) is 13.8 Å². The molecule has 1 unspecified atom stereocenters. The van der Waals surface area contributed by atoms with Gasteiger partial charge >= 0.3 is 0 Å². The molecule has 10 heteroatoms. The molecule has 1 amide bonds. The number of pyridine rings is 1. The Balaban J connectivity index is 1.70. The van der Waals surface area contributed by atoms with Crippen molar-refractivity contribution in [2.75, 3.05) is 13.8 Å². The predicted octanol–water partition coefficient (Wildman–Crippen LogP) is 2.40. The van der Waals surface area contributed by atoms with Crippen LogP contribution in [0.15, 0.2) is 52.3 Å². The smallest absolute Gasteiger partial charge is 0.272 e. The normalized spacial score (nSPS) is 15.7. The van der Waals surface area contributed by atoms with Gasteiger partial charge in [0, 0.05) is 12.3 Å². The van der Waals surface area contributed by atoms with Gasteiger partial charge in [0.2, 0.25) is 5.88 Å². The number of sulfonamides is 1. The summed E-state index contributed by atoms with van der Waals surface area (Å²) in [6, 6.07) is 9.19. The minimum Gasteiger partial charge on any atom is -0.497 e. The number of nitrogens with zero attached hydrogens (tertiary/aromatic N) is 3. The number of aromatic nitrogens is 2. The number of ether oxygens (including phenoxy) is 2. The third kappa shape index (κ3) is 3.42. The second kappa shape index (κ2) is 7.69. The molecule has 0 saturated carbocycles. The Labute approximate surface area is 178 Å². The van der Waals surface area contributed by atoms with E-state index in [4.69, 9.17) is 9.47 Å². The van der Waals surface area contributed by atoms with Gasteiger partial charge in [-0.2, -0.15) is 9.29 Å². The molecular formula is C21H21N3O6S. The lowest BCUT2D eigenvalue weighted by Crippen LogP contribution is -2.34. The maximum Gasteiger partial charge on any atom is 0.272 e. The molecular weight excluding hydrogens is 422 g/mol. The lowest BCUT2D eigenvalue weighted by molar-refractivity contribution is 0.0785. The van der Waals surface area contributed by atoms with Crippen molar-refractivity contribution in [1.29, 1.82) is 0 Å². The molecule has 0 fully saturated rings. The van der Waals surface area contributed by atoms with Crippen molar-refractivity contribution < 1.29 is 22.7 Å². The Morgan fingerprint density at radius 2 is 1.94 bits per heavy atom. The summed E-state index contributed by atoms with van der Waals surface area (Å²) >= 11 is 0. The quantitative estimate of drug-likeness (QED) is 0.576. The van der Waals surface area contributed by atoms with Gasteiger partial charge in [-0.25, -0.2) is 8.42 Å². The molecule has 1 aromatic carbocycles. The zero-order valence-electron chi connectivity index (χ0n) is 17.2. The highest BCUT2D eigenvalue weighted by Crippen LogP contribution is 2.39. The Hall–Kier alpha value is -3.40. The van der Waals surface area contributed by atoms with Gasteiger partial charge in [-0.1, -0.05) is 19.9 Å². The first-order valence-electron chi connectivity index (χ1n) is 9.68. The van der Waals surface area contributed by atoms with Crippen molar-refractivity contribution in [3.8, 4) is 11.6 Å². The van der Waals surface area contributed by atoms with Gasteiger partial charge in [-0.15, -0.1) is 0 Å². The largest absolute Gasteiger partial charge is 0.497 e. The number of benzene rings is 1. The molecule has 2 aromatic heterocycles. The number of fused-ring (bicyclic) bond motifs is 2. The molecule has 0 spiro atoms. The number of rotatable bonds is 6. The molecule has 1 atom stereocenters. The van der Waals surface area contributed by atoms with Crippen LogP contribution < -0.4 is 15.0 Å². The average molecular weight is 443 g/mol. The van der Waals surface area contributed by atoms with E-state index in [1.54, 1.807) is 30.5 Å². The van der Waals surface area contributed by atoms with E-state index >= 15 is 0 Å². The number of carbonyl (C=O) groups excluding carboxylic acids is 1. The number of hydrogen-bond acceptors (Lipinski definition) is 7. The van der Waals surface area contributed by atoms with Crippen molar-refractivity contribution in [2.24, 2.45) is 0 Å². The highest BCUT2D eigenvalue weighted by Gasteiger charge is 2.44. The SMILES string of the molecule is CCC(C)c1cc(OC)cc2c1C(=O)N(COc1cc(=O)n3ccccc3n1)S2(=O)=O. The van der Waals surface area contributed by atoms with Crippen LogP contribution >= 0.6 is 0 Å². The van der Waals surface area contributed by atoms with Crippen molar-refractivity contribution in [1.82, 2.24) is 13.7 Å². The van der Waals surface area contributed by atoms with E-state index in [2.05, 4.69) is 4.98 Å². The monoisotopic (exact) mass is 443 g/mol. The second-order valence-corrected chi connectivity index (χ2v) is 9.02. The number of amides is 1. The first-order valence-corrected chi connectivity index (χ1v) is 11.1. The Bertz CT molecular complexity index is 1350. The van der Waals surface area contributed by atoms with Gasteiger partial charge in [-0.3, -0.25) is 14.0 Å². The van der Waals surface area contributed by atoms with Crippen molar-refractivity contribution >= 4 is 21.6 Å². The molecule has 3 heterocycles. The Kier molecular flexibility index (Phi) is 5.18. The van der Waals surface area contributed by atoms with Crippen LogP contribution in [0, 0.1) is 0 Å². The van der Waals surface area contributed by atoms with Crippen LogP contribution in [0.5, 0.6) is 11.6 Å². The first kappa shape index (κ1) is 20.9. The molecule has 9 nitrogen and oxygen atoms in total. The summed E-state index contributed by atoms with van der Waals surface area (Å²) in [7, 11) is -2.71. The second-order valence-electron chi connectivity index (χ2n) is 7.19. The van der Waals surface area contributed by atoms with Crippen LogP contribution in [-0.2, 0) is 10.0 Å². The van der Waals surface area contributed by atoms with Crippen LogP contribution in [0.4, 0.5) is 0 Å². The summed E-state index contributed by atoms with van der Waals surface area (Å²) in [5.41, 5.74) is 0.691. The van der Waals surface area contributed by atoms with E-state index in [9.17, 15) is 18.0 Å². The summed E-state index contributed by atoms with van der Waals surface area (Å²) in [5, 5.41) is 0. The molecule has 0 N–H and O–H groups in total. The molecule has 31 heavy (non-hydrogen) atoms. The summed E-state index contributed by atoms with van der Waals surface area (Å²) in [4.78, 5) is 29.4. The van der Waals surface area contributed by atoms with Crippen LogP contribution in [0.1, 0.15) is 42.1 Å². The fourth-order valence-corrected chi connectivity index (χ4v) is 4.95. The fraction of sp³-hybridized carbons (Fsp3) is 0.286. The summed E-state index contributed by atoms with van der Waals surface area (Å²) in [5.74, 6) is -0.441. The number of carbonyl (C=O) groups is 1. The zero-order chi connectivity index (χ0) is 22.3. The molecule has 0 radical (unpaired) electrons. The van der Waals surface area contributed by atoms with Crippen molar-refractivity contribution in [2.45, 2.75) is 31.1 Å². The van der Waals surface area contributed by atoms with Crippen LogP contribution in [-0.4, -0.2) is 41.9 Å². The van der Waals surface area contributed by atoms with E-state index in [0.717, 1.165) is 6.07 Å². The van der Waals surface area contributed by atoms with E-state index in [-0.39, 0.29) is 27.8 Å². The molecule has 1 aliphatic heterocycles. The molecule has 1 aliphatic rings. The average Bonchev–Trinajstić information content (AvgIpc) is 2.96. The van der Waals surface area contributed by atoms with Gasteiger partial charge in [0.05, 0.1) is 18.7 Å². The molecule has 3 aromatic rings. The molecule has 0 saturated heterocycles. The van der Waals surface area contributed by atoms with Gasteiger partial charge in [0.25, 0.3) is 21.5 Å². The number of hydrogen-bond donors (Lipinski definition) is 0. The van der Waals surface area contributed by atoms with Gasteiger partial charge < -0.3 is 9.47 Å². The molecule has 4 rings (SSSR count). The topological polar surface area (TPSA) is 107 Å². The zero-order valence-corrected chi connectivity index (χ0v) is 18.0.